The topological polar surface area (TPSA) is 88.5 Å². The number of ether oxygens (including phenoxy) is 2. The summed E-state index contributed by atoms with van der Waals surface area (Å²) < 4.78 is 28.4. The monoisotopic (exact) mass is 473 g/mol. The quantitative estimate of drug-likeness (QED) is 0.463. The van der Waals surface area contributed by atoms with Gasteiger partial charge < -0.3 is 15.2 Å². The highest BCUT2D eigenvalue weighted by Gasteiger charge is 2.34. The number of fused-ring (bicyclic) bond motifs is 1. The molecule has 0 fully saturated rings. The van der Waals surface area contributed by atoms with Crippen LogP contribution in [0.15, 0.2) is 88.5 Å². The van der Waals surface area contributed by atoms with Crippen molar-refractivity contribution in [1.29, 1.82) is 0 Å². The predicted octanol–water partition coefficient (Wildman–Crippen LogP) is 3.51. The minimum atomic E-state index is -0.733. The van der Waals surface area contributed by atoms with Crippen LogP contribution in [0, 0.1) is 5.82 Å². The Labute approximate surface area is 200 Å². The molecule has 1 aliphatic rings. The van der Waals surface area contributed by atoms with Crippen LogP contribution in [0.3, 0.4) is 0 Å². The van der Waals surface area contributed by atoms with Gasteiger partial charge in [-0.15, -0.1) is 0 Å². The smallest absolute Gasteiger partial charge is 0.334 e. The van der Waals surface area contributed by atoms with Crippen LogP contribution >= 0.6 is 0 Å². The first kappa shape index (κ1) is 22.6. The van der Waals surface area contributed by atoms with Crippen molar-refractivity contribution in [3.63, 3.8) is 0 Å². The molecule has 3 aromatic carbocycles. The summed E-state index contributed by atoms with van der Waals surface area (Å²) in [6.07, 6.45) is 0. The van der Waals surface area contributed by atoms with Gasteiger partial charge in [-0.1, -0.05) is 60.7 Å². The maximum absolute atomic E-state index is 14.7. The first-order valence-electron chi connectivity index (χ1n) is 11.2. The van der Waals surface area contributed by atoms with Gasteiger partial charge in [0.2, 0.25) is 5.88 Å². The van der Waals surface area contributed by atoms with Crippen molar-refractivity contribution in [2.45, 2.75) is 18.6 Å². The van der Waals surface area contributed by atoms with Crippen molar-refractivity contribution in [2.75, 3.05) is 13.7 Å². The first-order valence-corrected chi connectivity index (χ1v) is 11.2. The number of aromatic nitrogens is 2. The molecule has 0 aliphatic carbocycles. The maximum atomic E-state index is 14.7. The molecule has 2 unspecified atom stereocenters. The highest BCUT2D eigenvalue weighted by Crippen LogP contribution is 2.36. The molecule has 0 radical (unpaired) electrons. The molecule has 7 nitrogen and oxygen atoms in total. The fourth-order valence-corrected chi connectivity index (χ4v) is 4.46. The molecule has 35 heavy (non-hydrogen) atoms. The Balaban J connectivity index is 1.74. The van der Waals surface area contributed by atoms with Crippen LogP contribution in [0.2, 0.25) is 0 Å². The first-order chi connectivity index (χ1) is 17.0. The Morgan fingerprint density at radius 3 is 2.54 bits per heavy atom. The van der Waals surface area contributed by atoms with Gasteiger partial charge in [0.1, 0.15) is 29.8 Å². The summed E-state index contributed by atoms with van der Waals surface area (Å²) in [7, 11) is 1.53. The molecule has 1 aliphatic heterocycles. The number of halogens is 1. The van der Waals surface area contributed by atoms with Crippen LogP contribution in [0.1, 0.15) is 23.2 Å². The summed E-state index contributed by atoms with van der Waals surface area (Å²) in [5.41, 5.74) is 7.07. The minimum Gasteiger partial charge on any atom is -0.497 e. The van der Waals surface area contributed by atoms with Gasteiger partial charge in [0.05, 0.1) is 13.7 Å². The second-order valence-corrected chi connectivity index (χ2v) is 8.35. The molecule has 4 aromatic rings. The van der Waals surface area contributed by atoms with Crippen molar-refractivity contribution >= 4 is 0 Å². The molecule has 0 spiro atoms. The highest BCUT2D eigenvalue weighted by molar-refractivity contribution is 5.70. The Bertz CT molecular complexity index is 1500. The van der Waals surface area contributed by atoms with E-state index in [1.807, 2.05) is 30.3 Å². The summed E-state index contributed by atoms with van der Waals surface area (Å²) in [4.78, 5) is 27.4. The van der Waals surface area contributed by atoms with Gasteiger partial charge in [0, 0.05) is 11.6 Å². The van der Waals surface area contributed by atoms with E-state index in [4.69, 9.17) is 15.2 Å². The molecule has 2 atom stereocenters. The van der Waals surface area contributed by atoms with Crippen molar-refractivity contribution in [3.05, 3.63) is 117 Å². The average molecular weight is 474 g/mol. The second-order valence-electron chi connectivity index (χ2n) is 8.35. The lowest BCUT2D eigenvalue weighted by Gasteiger charge is -2.19. The van der Waals surface area contributed by atoms with E-state index in [1.54, 1.807) is 42.5 Å². The zero-order chi connectivity index (χ0) is 24.5. The van der Waals surface area contributed by atoms with Gasteiger partial charge in [0.15, 0.2) is 0 Å². The van der Waals surface area contributed by atoms with Gasteiger partial charge in [-0.05, 0) is 29.3 Å². The predicted molar refractivity (Wildman–Crippen MR) is 130 cm³/mol. The van der Waals surface area contributed by atoms with E-state index in [2.05, 4.69) is 0 Å². The molecule has 5 rings (SSSR count). The Hall–Kier alpha value is -4.17. The highest BCUT2D eigenvalue weighted by atomic mass is 19.1. The third-order valence-corrected chi connectivity index (χ3v) is 6.25. The second kappa shape index (κ2) is 9.23. The van der Waals surface area contributed by atoms with E-state index in [0.29, 0.717) is 16.9 Å². The molecule has 2 heterocycles. The van der Waals surface area contributed by atoms with Crippen LogP contribution in [0.4, 0.5) is 4.39 Å². The molecule has 178 valence electrons. The molecule has 0 amide bonds. The molecule has 0 saturated carbocycles. The number of nitrogens with two attached hydrogens (primary N) is 1. The lowest BCUT2D eigenvalue weighted by Crippen LogP contribution is -2.43. The summed E-state index contributed by atoms with van der Waals surface area (Å²) in [5.74, 6) is 0.191. The van der Waals surface area contributed by atoms with Crippen LogP contribution < -0.4 is 26.5 Å². The normalized spacial score (nSPS) is 15.3. The fourth-order valence-electron chi connectivity index (χ4n) is 4.46. The molecule has 0 bridgehead atoms. The van der Waals surface area contributed by atoms with E-state index in [-0.39, 0.29) is 24.6 Å². The Kier molecular flexibility index (Phi) is 5.96. The Morgan fingerprint density at radius 1 is 1.06 bits per heavy atom. The van der Waals surface area contributed by atoms with Crippen molar-refractivity contribution in [2.24, 2.45) is 5.73 Å². The van der Waals surface area contributed by atoms with Gasteiger partial charge in [-0.3, -0.25) is 13.9 Å². The molecule has 0 saturated heterocycles. The standard InChI is InChI=1S/C27H24FN3O4/c1-34-19-11-7-10-18(14-19)24-25(32)30(15-22(29)17-8-3-2-4-9-17)27(33)31-23(16-35-26(24)31)20-12-5-6-13-21(20)28/h2-14,22-23H,15-16,29H2,1H3. The van der Waals surface area contributed by atoms with Gasteiger partial charge >= 0.3 is 5.69 Å². The zero-order valence-corrected chi connectivity index (χ0v) is 19.1. The van der Waals surface area contributed by atoms with E-state index in [9.17, 15) is 14.0 Å². The fraction of sp³-hybridized carbons (Fsp3) is 0.185. The van der Waals surface area contributed by atoms with Crippen LogP contribution in [0.25, 0.3) is 11.1 Å². The van der Waals surface area contributed by atoms with Crippen molar-refractivity contribution in [1.82, 2.24) is 9.13 Å². The van der Waals surface area contributed by atoms with E-state index < -0.39 is 29.1 Å². The van der Waals surface area contributed by atoms with E-state index in [1.165, 1.54) is 17.7 Å². The molecular formula is C27H24FN3O4. The summed E-state index contributed by atoms with van der Waals surface area (Å²) in [6.45, 7) is -0.0374. The minimum absolute atomic E-state index is 0.0152. The average Bonchev–Trinajstić information content (AvgIpc) is 3.32. The molecular weight excluding hydrogens is 449 g/mol. The van der Waals surface area contributed by atoms with Crippen molar-refractivity contribution in [3.8, 4) is 22.8 Å². The maximum Gasteiger partial charge on any atom is 0.334 e. The lowest BCUT2D eigenvalue weighted by atomic mass is 10.1. The third-order valence-electron chi connectivity index (χ3n) is 6.25. The molecule has 1 aromatic heterocycles. The summed E-state index contributed by atoms with van der Waals surface area (Å²) in [6, 6.07) is 21.1. The van der Waals surface area contributed by atoms with Crippen LogP contribution in [-0.2, 0) is 6.54 Å². The van der Waals surface area contributed by atoms with Crippen LogP contribution in [-0.4, -0.2) is 22.9 Å². The lowest BCUT2D eigenvalue weighted by molar-refractivity contribution is 0.340. The van der Waals surface area contributed by atoms with Gasteiger partial charge in [0.25, 0.3) is 5.56 Å². The molecule has 2 N–H and O–H groups in total. The third kappa shape index (κ3) is 4.02. The summed E-state index contributed by atoms with van der Waals surface area (Å²) >= 11 is 0. The van der Waals surface area contributed by atoms with E-state index >= 15 is 0 Å². The van der Waals surface area contributed by atoms with Gasteiger partial charge in [-0.25, -0.2) is 9.18 Å². The largest absolute Gasteiger partial charge is 0.497 e. The van der Waals surface area contributed by atoms with Crippen molar-refractivity contribution < 1.29 is 13.9 Å². The van der Waals surface area contributed by atoms with Gasteiger partial charge in [-0.2, -0.15) is 0 Å². The SMILES string of the molecule is COc1cccc(-c2c3n(c(=O)n(CC(N)c4ccccc4)c2=O)C(c2ccccc2F)CO3)c1. The number of nitrogens with zero attached hydrogens (tertiary/aromatic N) is 2. The number of benzene rings is 3. The number of hydrogen-bond donors (Lipinski definition) is 1. The van der Waals surface area contributed by atoms with E-state index in [0.717, 1.165) is 10.1 Å². The molecule has 8 heteroatoms. The Morgan fingerprint density at radius 2 is 1.80 bits per heavy atom. The number of hydrogen-bond acceptors (Lipinski definition) is 5. The number of rotatable bonds is 6. The number of methoxy groups -OCH3 is 1. The van der Waals surface area contributed by atoms with Crippen LogP contribution in [0.5, 0.6) is 11.6 Å². The summed E-state index contributed by atoms with van der Waals surface area (Å²) in [5, 5.41) is 0. The zero-order valence-electron chi connectivity index (χ0n) is 19.1.